The Bertz CT molecular complexity index is 1010. The quantitative estimate of drug-likeness (QED) is 0.654. The Morgan fingerprint density at radius 1 is 1.00 bits per heavy atom. The van der Waals surface area contributed by atoms with Gasteiger partial charge in [0.15, 0.2) is 11.5 Å². The highest BCUT2D eigenvalue weighted by molar-refractivity contribution is 5.93. The molecule has 0 saturated carbocycles. The Balaban J connectivity index is 2.24. The summed E-state index contributed by atoms with van der Waals surface area (Å²) in [7, 11) is 2.81. The van der Waals surface area contributed by atoms with Crippen molar-refractivity contribution in [2.24, 2.45) is 0 Å². The van der Waals surface area contributed by atoms with Gasteiger partial charge >= 0.3 is 6.18 Å². The van der Waals surface area contributed by atoms with Crippen LogP contribution in [0.25, 0.3) is 10.9 Å². The number of fused-ring (bicyclic) bond motifs is 1. The largest absolute Gasteiger partial charge is 0.508 e. The highest BCUT2D eigenvalue weighted by Crippen LogP contribution is 2.37. The van der Waals surface area contributed by atoms with E-state index in [9.17, 15) is 18.3 Å². The Kier molecular flexibility index (Phi) is 4.69. The molecule has 0 radical (unpaired) electrons. The van der Waals surface area contributed by atoms with Gasteiger partial charge in [-0.2, -0.15) is 13.2 Å². The fourth-order valence-electron chi connectivity index (χ4n) is 2.59. The normalized spacial score (nSPS) is 11.5. The van der Waals surface area contributed by atoms with Gasteiger partial charge in [0, 0.05) is 17.1 Å². The third-order valence-electron chi connectivity index (χ3n) is 3.92. The fraction of sp³-hybridized carbons (Fsp3) is 0.222. The number of nitrogens with zero attached hydrogens (tertiary/aromatic N) is 2. The van der Waals surface area contributed by atoms with Crippen LogP contribution in [0.3, 0.4) is 0 Å². The van der Waals surface area contributed by atoms with Gasteiger partial charge in [-0.3, -0.25) is 0 Å². The van der Waals surface area contributed by atoms with E-state index in [1.54, 1.807) is 13.0 Å². The number of ether oxygens (including phenoxy) is 2. The van der Waals surface area contributed by atoms with Gasteiger partial charge in [0.2, 0.25) is 5.82 Å². The summed E-state index contributed by atoms with van der Waals surface area (Å²) in [6.45, 7) is 1.71. The second-order valence-electron chi connectivity index (χ2n) is 5.74. The molecule has 0 spiro atoms. The number of hydrogen-bond donors (Lipinski definition) is 2. The number of rotatable bonds is 4. The van der Waals surface area contributed by atoms with Gasteiger partial charge in [-0.15, -0.1) is 0 Å². The molecule has 0 saturated heterocycles. The summed E-state index contributed by atoms with van der Waals surface area (Å²) in [4.78, 5) is 7.27. The maximum Gasteiger partial charge on any atom is 0.451 e. The predicted octanol–water partition coefficient (Wildman–Crippen LogP) is 4.42. The van der Waals surface area contributed by atoms with Gasteiger partial charge in [-0.25, -0.2) is 9.97 Å². The Labute approximate surface area is 152 Å². The van der Waals surface area contributed by atoms with Crippen LogP contribution in [0, 0.1) is 6.92 Å². The summed E-state index contributed by atoms with van der Waals surface area (Å²) in [5.74, 6) is -0.682. The summed E-state index contributed by atoms with van der Waals surface area (Å²) in [5.41, 5.74) is 1.18. The molecule has 142 valence electrons. The number of phenols is 1. The van der Waals surface area contributed by atoms with Crippen LogP contribution in [0.4, 0.5) is 24.7 Å². The monoisotopic (exact) mass is 379 g/mol. The third kappa shape index (κ3) is 3.67. The van der Waals surface area contributed by atoms with Crippen LogP contribution in [0.5, 0.6) is 17.2 Å². The van der Waals surface area contributed by atoms with Gasteiger partial charge in [0.1, 0.15) is 11.6 Å². The summed E-state index contributed by atoms with van der Waals surface area (Å²) >= 11 is 0. The lowest BCUT2D eigenvalue weighted by atomic mass is 10.1. The molecule has 3 rings (SSSR count). The Morgan fingerprint density at radius 3 is 2.26 bits per heavy atom. The van der Waals surface area contributed by atoms with Crippen LogP contribution >= 0.6 is 0 Å². The molecule has 2 aromatic carbocycles. The smallest absolute Gasteiger partial charge is 0.451 e. The van der Waals surface area contributed by atoms with Gasteiger partial charge in [-0.1, -0.05) is 0 Å². The van der Waals surface area contributed by atoms with E-state index < -0.39 is 12.0 Å². The molecule has 27 heavy (non-hydrogen) atoms. The van der Waals surface area contributed by atoms with Crippen molar-refractivity contribution in [1.82, 2.24) is 9.97 Å². The molecule has 0 aliphatic rings. The lowest BCUT2D eigenvalue weighted by Crippen LogP contribution is -2.13. The molecule has 0 aliphatic heterocycles. The number of hydrogen-bond acceptors (Lipinski definition) is 6. The first-order chi connectivity index (χ1) is 12.7. The standard InChI is InChI=1S/C18H16F3N3O3/c1-9-6-10(25)4-5-12(9)22-16-11-7-14(26-2)15(27-3)8-13(11)23-17(24-16)18(19,20)21/h4-8,25H,1-3H3,(H,22,23,24). The minimum atomic E-state index is -4.72. The van der Waals surface area contributed by atoms with Crippen LogP contribution in [0.15, 0.2) is 30.3 Å². The van der Waals surface area contributed by atoms with E-state index in [-0.39, 0.29) is 22.8 Å². The number of alkyl halides is 3. The molecular formula is C18H16F3N3O3. The summed E-state index contributed by atoms with van der Waals surface area (Å²) in [6, 6.07) is 7.33. The number of benzene rings is 2. The number of aromatic nitrogens is 2. The zero-order chi connectivity index (χ0) is 19.8. The molecule has 1 aromatic heterocycles. The first kappa shape index (κ1) is 18.6. The van der Waals surface area contributed by atoms with Gasteiger partial charge in [0.25, 0.3) is 0 Å². The number of nitrogens with one attached hydrogen (secondary N) is 1. The number of aryl methyl sites for hydroxylation is 1. The second kappa shape index (κ2) is 6.82. The van der Waals surface area contributed by atoms with Crippen LogP contribution in [0.2, 0.25) is 0 Å². The third-order valence-corrected chi connectivity index (χ3v) is 3.92. The first-order valence-electron chi connectivity index (χ1n) is 7.80. The molecule has 0 aliphatic carbocycles. The maximum atomic E-state index is 13.3. The molecule has 1 heterocycles. The van der Waals surface area contributed by atoms with Crippen LogP contribution < -0.4 is 14.8 Å². The Morgan fingerprint density at radius 2 is 1.67 bits per heavy atom. The van der Waals surface area contributed by atoms with Gasteiger partial charge in [0.05, 0.1) is 19.7 Å². The van der Waals surface area contributed by atoms with E-state index in [0.717, 1.165) is 0 Å². The zero-order valence-electron chi connectivity index (χ0n) is 14.7. The van der Waals surface area contributed by atoms with Crippen LogP contribution in [-0.4, -0.2) is 29.3 Å². The average molecular weight is 379 g/mol. The van der Waals surface area contributed by atoms with Gasteiger partial charge in [-0.05, 0) is 36.8 Å². The van der Waals surface area contributed by atoms with E-state index >= 15 is 0 Å². The molecular weight excluding hydrogens is 363 g/mol. The minimum Gasteiger partial charge on any atom is -0.508 e. The molecule has 6 nitrogen and oxygen atoms in total. The maximum absolute atomic E-state index is 13.3. The second-order valence-corrected chi connectivity index (χ2v) is 5.74. The minimum absolute atomic E-state index is 0.0398. The number of phenolic OH excluding ortho intramolecular Hbond substituents is 1. The first-order valence-corrected chi connectivity index (χ1v) is 7.80. The number of methoxy groups -OCH3 is 2. The van der Waals surface area contributed by atoms with Crippen molar-refractivity contribution in [2.45, 2.75) is 13.1 Å². The van der Waals surface area contributed by atoms with Crippen molar-refractivity contribution in [3.63, 3.8) is 0 Å². The van der Waals surface area contributed by atoms with Crippen LogP contribution in [-0.2, 0) is 6.18 Å². The SMILES string of the molecule is COc1cc2nc(C(F)(F)F)nc(Nc3ccc(O)cc3C)c2cc1OC. The van der Waals surface area contributed by atoms with E-state index in [1.165, 1.54) is 38.5 Å². The lowest BCUT2D eigenvalue weighted by molar-refractivity contribution is -0.144. The summed E-state index contributed by atoms with van der Waals surface area (Å²) in [5, 5.41) is 12.7. The summed E-state index contributed by atoms with van der Waals surface area (Å²) in [6.07, 6.45) is -4.72. The van der Waals surface area contributed by atoms with Crippen LogP contribution in [0.1, 0.15) is 11.4 Å². The van der Waals surface area contributed by atoms with Crippen molar-refractivity contribution < 1.29 is 27.8 Å². The molecule has 0 fully saturated rings. The molecule has 2 N–H and O–H groups in total. The number of anilines is 2. The van der Waals surface area contributed by atoms with E-state index in [2.05, 4.69) is 15.3 Å². The van der Waals surface area contributed by atoms with E-state index in [1.807, 2.05) is 0 Å². The molecule has 0 amide bonds. The molecule has 0 unspecified atom stereocenters. The topological polar surface area (TPSA) is 76.5 Å². The Hall–Kier alpha value is -3.23. The molecule has 9 heteroatoms. The zero-order valence-corrected chi connectivity index (χ0v) is 14.7. The number of aromatic hydroxyl groups is 1. The van der Waals surface area contributed by atoms with E-state index in [4.69, 9.17) is 9.47 Å². The van der Waals surface area contributed by atoms with Crippen molar-refractivity contribution in [3.05, 3.63) is 41.7 Å². The lowest BCUT2D eigenvalue weighted by Gasteiger charge is -2.15. The molecule has 0 atom stereocenters. The van der Waals surface area contributed by atoms with Crippen molar-refractivity contribution in [2.75, 3.05) is 19.5 Å². The predicted molar refractivity (Wildman–Crippen MR) is 93.8 cm³/mol. The number of halogens is 3. The van der Waals surface area contributed by atoms with Crippen molar-refractivity contribution >= 4 is 22.4 Å². The highest BCUT2D eigenvalue weighted by Gasteiger charge is 2.36. The van der Waals surface area contributed by atoms with Crippen molar-refractivity contribution in [1.29, 1.82) is 0 Å². The van der Waals surface area contributed by atoms with Gasteiger partial charge < -0.3 is 19.9 Å². The van der Waals surface area contributed by atoms with E-state index in [0.29, 0.717) is 22.4 Å². The van der Waals surface area contributed by atoms with Crippen molar-refractivity contribution in [3.8, 4) is 17.2 Å². The summed E-state index contributed by atoms with van der Waals surface area (Å²) < 4.78 is 50.1. The fourth-order valence-corrected chi connectivity index (χ4v) is 2.59. The molecule has 3 aromatic rings. The average Bonchev–Trinajstić information content (AvgIpc) is 2.61. The molecule has 0 bridgehead atoms. The highest BCUT2D eigenvalue weighted by atomic mass is 19.4.